The number of benzene rings is 2. The van der Waals surface area contributed by atoms with E-state index in [0.29, 0.717) is 41.9 Å². The Labute approximate surface area is 161 Å². The average molecular weight is 406 g/mol. The normalized spacial score (nSPS) is 14.8. The van der Waals surface area contributed by atoms with Gasteiger partial charge in [-0.05, 0) is 24.3 Å². The fourth-order valence-corrected chi connectivity index (χ4v) is 3.97. The van der Waals surface area contributed by atoms with Crippen molar-refractivity contribution >= 4 is 21.6 Å². The molecule has 2 aromatic carbocycles. The van der Waals surface area contributed by atoms with Gasteiger partial charge in [-0.3, -0.25) is 4.79 Å². The van der Waals surface area contributed by atoms with Gasteiger partial charge in [0.15, 0.2) is 23.0 Å². The molecule has 0 saturated carbocycles. The quantitative estimate of drug-likeness (QED) is 0.801. The molecule has 2 aliphatic rings. The first-order valence-electron chi connectivity index (χ1n) is 8.49. The minimum absolute atomic E-state index is 0.0233. The Kier molecular flexibility index (Phi) is 4.73. The summed E-state index contributed by atoms with van der Waals surface area (Å²) in [6.07, 6.45) is 0. The highest BCUT2D eigenvalue weighted by atomic mass is 32.2. The molecule has 0 unspecified atom stereocenters. The number of ether oxygens (including phenoxy) is 4. The van der Waals surface area contributed by atoms with Gasteiger partial charge >= 0.3 is 0 Å². The van der Waals surface area contributed by atoms with E-state index in [1.54, 1.807) is 24.3 Å². The summed E-state index contributed by atoms with van der Waals surface area (Å²) in [7, 11) is -2.54. The average Bonchev–Trinajstić information content (AvgIpc) is 3.15. The molecule has 0 aromatic heterocycles. The Morgan fingerprint density at radius 1 is 0.964 bits per heavy atom. The van der Waals surface area contributed by atoms with Crippen molar-refractivity contribution in [1.82, 2.24) is 4.31 Å². The maximum Gasteiger partial charge on any atom is 0.243 e. The summed E-state index contributed by atoms with van der Waals surface area (Å²) in [5, 5.41) is 2.65. The lowest BCUT2D eigenvalue weighted by Gasteiger charge is -2.21. The molecule has 1 N–H and O–H groups in total. The van der Waals surface area contributed by atoms with Crippen molar-refractivity contribution in [2.75, 3.05) is 38.9 Å². The van der Waals surface area contributed by atoms with Crippen molar-refractivity contribution in [3.05, 3.63) is 36.4 Å². The molecule has 4 rings (SSSR count). The van der Waals surface area contributed by atoms with Gasteiger partial charge < -0.3 is 24.3 Å². The summed E-state index contributed by atoms with van der Waals surface area (Å²) in [5.41, 5.74) is 0.486. The molecule has 28 heavy (non-hydrogen) atoms. The number of fused-ring (bicyclic) bond motifs is 2. The predicted octanol–water partition coefficient (Wildman–Crippen LogP) is 1.45. The highest BCUT2D eigenvalue weighted by Crippen LogP contribution is 2.34. The van der Waals surface area contributed by atoms with Gasteiger partial charge in [0, 0.05) is 24.9 Å². The van der Waals surface area contributed by atoms with Gasteiger partial charge in [-0.15, -0.1) is 0 Å². The van der Waals surface area contributed by atoms with Gasteiger partial charge in [-0.2, -0.15) is 4.31 Å². The van der Waals surface area contributed by atoms with Crippen LogP contribution < -0.4 is 24.3 Å². The number of anilines is 1. The van der Waals surface area contributed by atoms with Crippen molar-refractivity contribution in [3.63, 3.8) is 0 Å². The van der Waals surface area contributed by atoms with Crippen LogP contribution in [0, 0.1) is 0 Å². The molecule has 0 saturated heterocycles. The zero-order chi connectivity index (χ0) is 19.7. The summed E-state index contributed by atoms with van der Waals surface area (Å²) >= 11 is 0. The van der Waals surface area contributed by atoms with Crippen LogP contribution in [0.1, 0.15) is 0 Å². The third-order valence-corrected chi connectivity index (χ3v) is 6.04. The summed E-state index contributed by atoms with van der Waals surface area (Å²) in [6.45, 7) is 0.539. The van der Waals surface area contributed by atoms with Crippen LogP contribution in [0.4, 0.5) is 5.69 Å². The third kappa shape index (κ3) is 3.56. The zero-order valence-corrected chi connectivity index (χ0v) is 15.8. The number of hydrogen-bond acceptors (Lipinski definition) is 7. The molecule has 0 atom stereocenters. The molecular weight excluding hydrogens is 388 g/mol. The molecule has 10 heteroatoms. The smallest absolute Gasteiger partial charge is 0.243 e. The monoisotopic (exact) mass is 406 g/mol. The maximum absolute atomic E-state index is 12.8. The molecular formula is C18H18N2O7S. The molecule has 0 fully saturated rings. The topological polar surface area (TPSA) is 103 Å². The highest BCUT2D eigenvalue weighted by molar-refractivity contribution is 7.89. The van der Waals surface area contributed by atoms with Gasteiger partial charge in [0.2, 0.25) is 22.7 Å². The van der Waals surface area contributed by atoms with Crippen LogP contribution in [0.15, 0.2) is 41.3 Å². The third-order valence-electron chi connectivity index (χ3n) is 4.24. The second-order valence-electron chi connectivity index (χ2n) is 6.18. The van der Waals surface area contributed by atoms with Crippen molar-refractivity contribution in [1.29, 1.82) is 0 Å². The molecule has 9 nitrogen and oxygen atoms in total. The number of rotatable bonds is 5. The number of sulfonamides is 1. The Hall–Kier alpha value is -2.98. The Morgan fingerprint density at radius 2 is 1.61 bits per heavy atom. The minimum Gasteiger partial charge on any atom is -0.486 e. The summed E-state index contributed by atoms with van der Waals surface area (Å²) < 4.78 is 47.8. The molecule has 148 valence electrons. The second-order valence-corrected chi connectivity index (χ2v) is 8.23. The van der Waals surface area contributed by atoms with Crippen molar-refractivity contribution in [3.8, 4) is 23.0 Å². The standard InChI is InChI=1S/C18H18N2O7S/c1-20(10-18(21)19-12-2-4-15-16(8-12)27-11-26-15)28(22,23)13-3-5-14-17(9-13)25-7-6-24-14/h2-5,8-9H,6-7,10-11H2,1H3,(H,19,21). The summed E-state index contributed by atoms with van der Waals surface area (Å²) in [4.78, 5) is 12.3. The molecule has 2 aliphatic heterocycles. The van der Waals surface area contributed by atoms with E-state index < -0.39 is 15.9 Å². The van der Waals surface area contributed by atoms with E-state index in [0.717, 1.165) is 4.31 Å². The lowest BCUT2D eigenvalue weighted by molar-refractivity contribution is -0.116. The number of carbonyl (C=O) groups excluding carboxylic acids is 1. The number of carbonyl (C=O) groups is 1. The van der Waals surface area contributed by atoms with E-state index in [1.807, 2.05) is 0 Å². The first kappa shape index (κ1) is 18.4. The van der Waals surface area contributed by atoms with Crippen LogP contribution >= 0.6 is 0 Å². The molecule has 2 heterocycles. The van der Waals surface area contributed by atoms with Crippen molar-refractivity contribution < 1.29 is 32.2 Å². The number of likely N-dealkylation sites (N-methyl/N-ethyl adjacent to an activating group) is 1. The van der Waals surface area contributed by atoms with Crippen LogP contribution in [0.3, 0.4) is 0 Å². The molecule has 2 aromatic rings. The van der Waals surface area contributed by atoms with E-state index in [9.17, 15) is 13.2 Å². The van der Waals surface area contributed by atoms with E-state index in [2.05, 4.69) is 5.32 Å². The van der Waals surface area contributed by atoms with Gasteiger partial charge in [0.05, 0.1) is 11.4 Å². The van der Waals surface area contributed by atoms with E-state index in [4.69, 9.17) is 18.9 Å². The Bertz CT molecular complexity index is 1020. The fraction of sp³-hybridized carbons (Fsp3) is 0.278. The first-order valence-corrected chi connectivity index (χ1v) is 9.93. The number of nitrogens with one attached hydrogen (secondary N) is 1. The van der Waals surface area contributed by atoms with Gasteiger partial charge in [-0.25, -0.2) is 8.42 Å². The number of nitrogens with zero attached hydrogens (tertiary/aromatic N) is 1. The molecule has 0 aliphatic carbocycles. The lowest BCUT2D eigenvalue weighted by Crippen LogP contribution is -2.35. The van der Waals surface area contributed by atoms with E-state index >= 15 is 0 Å². The number of hydrogen-bond donors (Lipinski definition) is 1. The Morgan fingerprint density at radius 3 is 2.43 bits per heavy atom. The molecule has 0 bridgehead atoms. The summed E-state index contributed by atoms with van der Waals surface area (Å²) in [6, 6.07) is 9.32. The lowest BCUT2D eigenvalue weighted by atomic mass is 10.3. The van der Waals surface area contributed by atoms with Crippen LogP contribution in [0.5, 0.6) is 23.0 Å². The van der Waals surface area contributed by atoms with Gasteiger partial charge in [-0.1, -0.05) is 0 Å². The minimum atomic E-state index is -3.88. The SMILES string of the molecule is CN(CC(=O)Nc1ccc2c(c1)OCO2)S(=O)(=O)c1ccc2c(c1)OCCO2. The Balaban J connectivity index is 1.44. The van der Waals surface area contributed by atoms with Gasteiger partial charge in [0.25, 0.3) is 0 Å². The fourth-order valence-electron chi connectivity index (χ4n) is 2.83. The molecule has 0 spiro atoms. The summed E-state index contributed by atoms with van der Waals surface area (Å²) in [5.74, 6) is 1.49. The van der Waals surface area contributed by atoms with Crippen molar-refractivity contribution in [2.45, 2.75) is 4.90 Å². The van der Waals surface area contributed by atoms with Crippen molar-refractivity contribution in [2.24, 2.45) is 0 Å². The first-order chi connectivity index (χ1) is 13.4. The van der Waals surface area contributed by atoms with Crippen LogP contribution in [0.25, 0.3) is 0 Å². The second kappa shape index (κ2) is 7.21. The molecule has 1 amide bonds. The van der Waals surface area contributed by atoms with E-state index in [1.165, 1.54) is 19.2 Å². The van der Waals surface area contributed by atoms with Gasteiger partial charge in [0.1, 0.15) is 13.2 Å². The van der Waals surface area contributed by atoms with E-state index in [-0.39, 0.29) is 18.2 Å². The molecule has 0 radical (unpaired) electrons. The largest absolute Gasteiger partial charge is 0.486 e. The zero-order valence-electron chi connectivity index (χ0n) is 15.0. The van der Waals surface area contributed by atoms with Crippen LogP contribution in [-0.4, -0.2) is 52.2 Å². The van der Waals surface area contributed by atoms with Crippen LogP contribution in [-0.2, 0) is 14.8 Å². The maximum atomic E-state index is 12.8. The predicted molar refractivity (Wildman–Crippen MR) is 98.4 cm³/mol. The number of amides is 1. The highest BCUT2D eigenvalue weighted by Gasteiger charge is 2.25. The van der Waals surface area contributed by atoms with Crippen LogP contribution in [0.2, 0.25) is 0 Å².